The Morgan fingerprint density at radius 3 is 2.54 bits per heavy atom. The van der Waals surface area contributed by atoms with E-state index in [0.29, 0.717) is 5.82 Å². The zero-order valence-electron chi connectivity index (χ0n) is 8.46. The third-order valence-electron chi connectivity index (χ3n) is 1.51. The van der Waals surface area contributed by atoms with E-state index in [1.54, 1.807) is 24.0 Å². The minimum Gasteiger partial charge on any atom is -0.345 e. The van der Waals surface area contributed by atoms with Crippen LogP contribution in [0.5, 0.6) is 0 Å². The van der Waals surface area contributed by atoms with Crippen LogP contribution in [0.15, 0.2) is 12.4 Å². The van der Waals surface area contributed by atoms with Crippen molar-refractivity contribution in [3.63, 3.8) is 0 Å². The van der Waals surface area contributed by atoms with Crippen LogP contribution >= 0.6 is 0 Å². The Morgan fingerprint density at radius 2 is 2.15 bits per heavy atom. The molecule has 0 aromatic carbocycles. The molecule has 0 fully saturated rings. The van der Waals surface area contributed by atoms with Crippen molar-refractivity contribution in [2.75, 3.05) is 0 Å². The first-order chi connectivity index (χ1) is 5.90. The lowest BCUT2D eigenvalue weighted by Gasteiger charge is -2.19. The number of aryl methyl sites for hydroxylation is 1. The molecule has 4 heteroatoms. The Morgan fingerprint density at radius 1 is 1.54 bits per heavy atom. The van der Waals surface area contributed by atoms with Gasteiger partial charge in [0, 0.05) is 25.0 Å². The molecule has 0 aliphatic carbocycles. The van der Waals surface area contributed by atoms with Crippen LogP contribution in [0.3, 0.4) is 0 Å². The summed E-state index contributed by atoms with van der Waals surface area (Å²) in [7, 11) is 1.80. The molecule has 0 saturated heterocycles. The van der Waals surface area contributed by atoms with Crippen molar-refractivity contribution in [1.29, 1.82) is 0 Å². The molecule has 4 nitrogen and oxygen atoms in total. The van der Waals surface area contributed by atoms with Crippen molar-refractivity contribution in [2.24, 2.45) is 7.05 Å². The summed E-state index contributed by atoms with van der Waals surface area (Å²) in [5.41, 5.74) is -0.219. The molecule has 1 amide bonds. The predicted octanol–water partition coefficient (Wildman–Crippen LogP) is 0.948. The van der Waals surface area contributed by atoms with Crippen LogP contribution in [0.1, 0.15) is 31.4 Å². The Bertz CT molecular complexity index is 309. The smallest absolute Gasteiger partial charge is 0.287 e. The van der Waals surface area contributed by atoms with Gasteiger partial charge in [-0.15, -0.1) is 0 Å². The number of amides is 1. The Labute approximate surface area is 78.0 Å². The number of carbonyl (C=O) groups is 1. The van der Waals surface area contributed by atoms with Crippen LogP contribution in [0.4, 0.5) is 0 Å². The van der Waals surface area contributed by atoms with Gasteiger partial charge in [-0.25, -0.2) is 4.98 Å². The van der Waals surface area contributed by atoms with Crippen molar-refractivity contribution >= 4 is 5.91 Å². The second-order valence-electron chi connectivity index (χ2n) is 4.07. The lowest BCUT2D eigenvalue weighted by Crippen LogP contribution is -2.41. The second-order valence-corrected chi connectivity index (χ2v) is 4.07. The summed E-state index contributed by atoms with van der Waals surface area (Å²) in [4.78, 5) is 15.5. The average molecular weight is 181 g/mol. The van der Waals surface area contributed by atoms with Crippen molar-refractivity contribution in [3.05, 3.63) is 18.2 Å². The van der Waals surface area contributed by atoms with E-state index >= 15 is 0 Å². The maximum atomic E-state index is 11.5. The van der Waals surface area contributed by atoms with Crippen LogP contribution in [-0.2, 0) is 7.05 Å². The number of hydrogen-bond acceptors (Lipinski definition) is 2. The molecule has 0 bridgehead atoms. The summed E-state index contributed by atoms with van der Waals surface area (Å²) in [6, 6.07) is 0. The number of nitrogens with zero attached hydrogens (tertiary/aromatic N) is 2. The number of aromatic nitrogens is 2. The molecule has 1 aromatic rings. The minimum absolute atomic E-state index is 0.139. The van der Waals surface area contributed by atoms with Gasteiger partial charge in [-0.1, -0.05) is 0 Å². The lowest BCUT2D eigenvalue weighted by atomic mass is 10.1. The number of nitrogens with one attached hydrogen (secondary N) is 1. The molecule has 0 aliphatic rings. The van der Waals surface area contributed by atoms with E-state index in [0.717, 1.165) is 0 Å². The molecular weight excluding hydrogens is 166 g/mol. The molecule has 1 N–H and O–H groups in total. The van der Waals surface area contributed by atoms with Crippen LogP contribution < -0.4 is 5.32 Å². The van der Waals surface area contributed by atoms with E-state index in [1.807, 2.05) is 20.8 Å². The van der Waals surface area contributed by atoms with Gasteiger partial charge in [0.1, 0.15) is 0 Å². The summed E-state index contributed by atoms with van der Waals surface area (Å²) in [6.45, 7) is 5.82. The molecule has 0 saturated carbocycles. The standard InChI is InChI=1S/C9H15N3O/c1-9(2,3)11-8(13)7-10-5-6-12(7)4/h5-6H,1-4H3,(H,11,13). The highest BCUT2D eigenvalue weighted by molar-refractivity contribution is 5.91. The number of rotatable bonds is 1. The van der Waals surface area contributed by atoms with Crippen molar-refractivity contribution in [3.8, 4) is 0 Å². The maximum Gasteiger partial charge on any atom is 0.287 e. The highest BCUT2D eigenvalue weighted by Crippen LogP contribution is 2.01. The predicted molar refractivity (Wildman–Crippen MR) is 50.4 cm³/mol. The molecule has 0 aliphatic heterocycles. The average Bonchev–Trinajstić information content (AvgIpc) is 2.30. The van der Waals surface area contributed by atoms with Gasteiger partial charge in [-0.3, -0.25) is 4.79 Å². The highest BCUT2D eigenvalue weighted by atomic mass is 16.2. The van der Waals surface area contributed by atoms with Gasteiger partial charge in [0.25, 0.3) is 5.91 Å². The second kappa shape index (κ2) is 3.20. The van der Waals surface area contributed by atoms with Crippen molar-refractivity contribution in [1.82, 2.24) is 14.9 Å². The van der Waals surface area contributed by atoms with Gasteiger partial charge in [-0.2, -0.15) is 0 Å². The van der Waals surface area contributed by atoms with Gasteiger partial charge in [-0.05, 0) is 20.8 Å². The Kier molecular flexibility index (Phi) is 2.40. The molecule has 1 heterocycles. The summed E-state index contributed by atoms with van der Waals surface area (Å²) in [5, 5.41) is 2.84. The zero-order valence-corrected chi connectivity index (χ0v) is 8.46. The van der Waals surface area contributed by atoms with Gasteiger partial charge in [0.2, 0.25) is 0 Å². The molecule has 0 radical (unpaired) electrons. The van der Waals surface area contributed by atoms with E-state index < -0.39 is 0 Å². The summed E-state index contributed by atoms with van der Waals surface area (Å²) in [6.07, 6.45) is 3.36. The van der Waals surface area contributed by atoms with Crippen LogP contribution in [0.25, 0.3) is 0 Å². The van der Waals surface area contributed by atoms with Crippen LogP contribution in [-0.4, -0.2) is 21.0 Å². The topological polar surface area (TPSA) is 46.9 Å². The minimum atomic E-state index is -0.219. The monoisotopic (exact) mass is 181 g/mol. The molecule has 0 atom stereocenters. The highest BCUT2D eigenvalue weighted by Gasteiger charge is 2.17. The normalized spacial score (nSPS) is 11.4. The SMILES string of the molecule is Cn1ccnc1C(=O)NC(C)(C)C. The molecule has 1 rings (SSSR count). The number of carbonyl (C=O) groups excluding carboxylic acids is 1. The third kappa shape index (κ3) is 2.57. The molecule has 72 valence electrons. The van der Waals surface area contributed by atoms with Gasteiger partial charge in [0.05, 0.1) is 0 Å². The Hall–Kier alpha value is -1.32. The molecule has 13 heavy (non-hydrogen) atoms. The quantitative estimate of drug-likeness (QED) is 0.701. The van der Waals surface area contributed by atoms with E-state index in [4.69, 9.17) is 0 Å². The maximum absolute atomic E-state index is 11.5. The summed E-state index contributed by atoms with van der Waals surface area (Å²) in [5.74, 6) is 0.301. The molecule has 0 spiro atoms. The number of imidazole rings is 1. The molecule has 0 unspecified atom stereocenters. The molecule has 1 aromatic heterocycles. The molecular formula is C9H15N3O. The first-order valence-corrected chi connectivity index (χ1v) is 4.20. The summed E-state index contributed by atoms with van der Waals surface area (Å²) >= 11 is 0. The van der Waals surface area contributed by atoms with Gasteiger partial charge >= 0.3 is 0 Å². The largest absolute Gasteiger partial charge is 0.345 e. The van der Waals surface area contributed by atoms with E-state index in [-0.39, 0.29) is 11.4 Å². The number of hydrogen-bond donors (Lipinski definition) is 1. The fourth-order valence-electron chi connectivity index (χ4n) is 0.981. The third-order valence-corrected chi connectivity index (χ3v) is 1.51. The fourth-order valence-corrected chi connectivity index (χ4v) is 0.981. The Balaban J connectivity index is 2.76. The van der Waals surface area contributed by atoms with Crippen molar-refractivity contribution < 1.29 is 4.79 Å². The van der Waals surface area contributed by atoms with Crippen LogP contribution in [0.2, 0.25) is 0 Å². The fraction of sp³-hybridized carbons (Fsp3) is 0.556. The van der Waals surface area contributed by atoms with Gasteiger partial charge in [0.15, 0.2) is 5.82 Å². The van der Waals surface area contributed by atoms with E-state index in [2.05, 4.69) is 10.3 Å². The van der Waals surface area contributed by atoms with E-state index in [9.17, 15) is 4.79 Å². The van der Waals surface area contributed by atoms with E-state index in [1.165, 1.54) is 0 Å². The van der Waals surface area contributed by atoms with Gasteiger partial charge < -0.3 is 9.88 Å². The van der Waals surface area contributed by atoms with Crippen LogP contribution in [0, 0.1) is 0 Å². The first-order valence-electron chi connectivity index (χ1n) is 4.20. The zero-order chi connectivity index (χ0) is 10.1. The lowest BCUT2D eigenvalue weighted by molar-refractivity contribution is 0.0905. The summed E-state index contributed by atoms with van der Waals surface area (Å²) < 4.78 is 1.70. The van der Waals surface area contributed by atoms with Crippen molar-refractivity contribution in [2.45, 2.75) is 26.3 Å². The first kappa shape index (κ1) is 9.77.